The van der Waals surface area contributed by atoms with E-state index in [1.54, 1.807) is 16.7 Å². The van der Waals surface area contributed by atoms with Crippen molar-refractivity contribution in [3.63, 3.8) is 0 Å². The Hall–Kier alpha value is -1.31. The highest BCUT2D eigenvalue weighted by atomic mass is 16.5. The minimum absolute atomic E-state index is 0.00429. The molecule has 0 aliphatic carbocycles. The normalized spacial score (nSPS) is 11.4. The zero-order valence-electron chi connectivity index (χ0n) is 31.5. The van der Waals surface area contributed by atoms with E-state index in [0.29, 0.717) is 6.61 Å². The average Bonchev–Trinajstić information content (AvgIpc) is 3.04. The molecule has 0 heterocycles. The van der Waals surface area contributed by atoms with Crippen LogP contribution in [0.5, 0.6) is 0 Å². The van der Waals surface area contributed by atoms with Gasteiger partial charge in [-0.2, -0.15) is 0 Å². The minimum atomic E-state index is 0.00429. The Kier molecular flexibility index (Phi) is 26.8. The monoisotopic (exact) mass is 627 g/mol. The number of ether oxygens (including phenoxy) is 1. The molecule has 0 unspecified atom stereocenters. The van der Waals surface area contributed by atoms with Crippen molar-refractivity contribution in [1.82, 2.24) is 0 Å². The van der Waals surface area contributed by atoms with Crippen molar-refractivity contribution < 1.29 is 9.53 Å². The second kappa shape index (κ2) is 28.9. The molecule has 1 aromatic rings. The maximum Gasteiger partial charge on any atom is 0.338 e. The van der Waals surface area contributed by atoms with E-state index in [1.807, 2.05) is 0 Å². The van der Waals surface area contributed by atoms with Gasteiger partial charge in [-0.05, 0) is 98.4 Å². The van der Waals surface area contributed by atoms with Crippen molar-refractivity contribution in [3.8, 4) is 0 Å². The molecule has 0 aliphatic heterocycles. The Morgan fingerprint density at radius 2 is 0.622 bits per heavy atom. The Balaban J connectivity index is 3.83. The van der Waals surface area contributed by atoms with Crippen LogP contribution in [0, 0.1) is 0 Å². The fraction of sp³-hybridized carbons (Fsp3) is 0.837. The van der Waals surface area contributed by atoms with Crippen LogP contribution in [-0.4, -0.2) is 12.6 Å². The Bertz CT molecular complexity index is 805. The minimum Gasteiger partial charge on any atom is -0.462 e. The highest BCUT2D eigenvalue weighted by Crippen LogP contribution is 2.36. The van der Waals surface area contributed by atoms with Gasteiger partial charge >= 0.3 is 5.97 Å². The van der Waals surface area contributed by atoms with Crippen LogP contribution in [0.15, 0.2) is 0 Å². The third-order valence-corrected chi connectivity index (χ3v) is 9.90. The van der Waals surface area contributed by atoms with Crippen molar-refractivity contribution in [2.24, 2.45) is 0 Å². The van der Waals surface area contributed by atoms with Crippen LogP contribution in [0.4, 0.5) is 0 Å². The van der Waals surface area contributed by atoms with Crippen LogP contribution in [0.2, 0.25) is 0 Å². The molecule has 262 valence electrons. The smallest absolute Gasteiger partial charge is 0.338 e. The first-order chi connectivity index (χ1) is 22.1. The van der Waals surface area contributed by atoms with Crippen LogP contribution in [0.25, 0.3) is 0 Å². The van der Waals surface area contributed by atoms with Crippen molar-refractivity contribution in [2.45, 2.75) is 228 Å². The molecule has 0 N–H and O–H groups in total. The van der Waals surface area contributed by atoms with E-state index in [4.69, 9.17) is 4.74 Å². The third kappa shape index (κ3) is 17.4. The molecule has 2 heteroatoms. The molecule has 0 aliphatic rings. The number of hydrogen-bond acceptors (Lipinski definition) is 2. The zero-order valence-corrected chi connectivity index (χ0v) is 31.5. The molecule has 0 atom stereocenters. The van der Waals surface area contributed by atoms with E-state index >= 15 is 0 Å². The molecule has 0 saturated heterocycles. The highest BCUT2D eigenvalue weighted by molar-refractivity contribution is 5.94. The summed E-state index contributed by atoms with van der Waals surface area (Å²) in [6.07, 6.45) is 35.5. The highest BCUT2D eigenvalue weighted by Gasteiger charge is 2.27. The summed E-state index contributed by atoms with van der Waals surface area (Å²) >= 11 is 0. The van der Waals surface area contributed by atoms with Gasteiger partial charge in [-0.1, -0.05) is 157 Å². The second-order valence-corrected chi connectivity index (χ2v) is 14.0. The van der Waals surface area contributed by atoms with E-state index in [2.05, 4.69) is 41.5 Å². The summed E-state index contributed by atoms with van der Waals surface area (Å²) in [6, 6.07) is 0. The van der Waals surface area contributed by atoms with Gasteiger partial charge in [0.2, 0.25) is 0 Å². The van der Waals surface area contributed by atoms with Crippen molar-refractivity contribution in [1.29, 1.82) is 0 Å². The number of benzene rings is 1. The summed E-state index contributed by atoms with van der Waals surface area (Å²) in [4.78, 5) is 14.3. The van der Waals surface area contributed by atoms with Crippen LogP contribution in [0.1, 0.15) is 234 Å². The fourth-order valence-electron chi connectivity index (χ4n) is 7.14. The van der Waals surface area contributed by atoms with Crippen molar-refractivity contribution in [3.05, 3.63) is 33.4 Å². The molecular weight excluding hydrogens is 548 g/mol. The zero-order chi connectivity index (χ0) is 33.0. The van der Waals surface area contributed by atoms with E-state index in [0.717, 1.165) is 44.1 Å². The van der Waals surface area contributed by atoms with Crippen LogP contribution >= 0.6 is 0 Å². The fourth-order valence-corrected chi connectivity index (χ4v) is 7.14. The van der Waals surface area contributed by atoms with E-state index in [9.17, 15) is 4.79 Å². The van der Waals surface area contributed by atoms with Gasteiger partial charge < -0.3 is 4.74 Å². The van der Waals surface area contributed by atoms with Gasteiger partial charge in [0.15, 0.2) is 0 Å². The lowest BCUT2D eigenvalue weighted by atomic mass is 9.78. The number of rotatable bonds is 31. The third-order valence-electron chi connectivity index (χ3n) is 9.90. The van der Waals surface area contributed by atoms with Crippen LogP contribution in [-0.2, 0) is 36.8 Å². The van der Waals surface area contributed by atoms with E-state index in [-0.39, 0.29) is 5.97 Å². The number of esters is 1. The average molecular weight is 627 g/mol. The van der Waals surface area contributed by atoms with Gasteiger partial charge in [0.1, 0.15) is 0 Å². The first kappa shape index (κ1) is 41.7. The summed E-state index contributed by atoms with van der Waals surface area (Å²) in [7, 11) is 0. The van der Waals surface area contributed by atoms with Crippen molar-refractivity contribution >= 4 is 5.97 Å². The quantitative estimate of drug-likeness (QED) is 0.0605. The standard InChI is InChI=1S/C43H78O2/c1-7-13-19-25-31-37-38(32-26-20-14-8-2)40(34-28-22-16-10-4)42(43(44)45-36-30-24-18-12-6)41(35-29-23-17-11-5)39(37)33-27-21-15-9-3/h7-36H2,1-6H3. The summed E-state index contributed by atoms with van der Waals surface area (Å²) < 4.78 is 6.22. The molecule has 0 radical (unpaired) electrons. The maximum atomic E-state index is 14.3. The maximum absolute atomic E-state index is 14.3. The number of carbonyl (C=O) groups excluding carboxylic acids is 1. The Labute approximate surface area is 282 Å². The van der Waals surface area contributed by atoms with Crippen molar-refractivity contribution in [2.75, 3.05) is 6.61 Å². The molecule has 0 bridgehead atoms. The summed E-state index contributed by atoms with van der Waals surface area (Å²) in [6.45, 7) is 14.4. The van der Waals surface area contributed by atoms with Gasteiger partial charge in [0, 0.05) is 0 Å². The van der Waals surface area contributed by atoms with Gasteiger partial charge in [-0.3, -0.25) is 0 Å². The number of carbonyl (C=O) groups is 1. The van der Waals surface area contributed by atoms with Gasteiger partial charge in [0.25, 0.3) is 0 Å². The first-order valence-electron chi connectivity index (χ1n) is 20.5. The lowest BCUT2D eigenvalue weighted by Crippen LogP contribution is -2.20. The molecule has 0 aromatic heterocycles. The Morgan fingerprint density at radius 3 is 0.933 bits per heavy atom. The molecule has 0 fully saturated rings. The molecule has 0 spiro atoms. The first-order valence-corrected chi connectivity index (χ1v) is 20.5. The predicted octanol–water partition coefficient (Wildman–Crippen LogP) is 14.0. The molecule has 1 aromatic carbocycles. The lowest BCUT2D eigenvalue weighted by Gasteiger charge is -2.27. The van der Waals surface area contributed by atoms with E-state index < -0.39 is 0 Å². The Morgan fingerprint density at radius 1 is 0.356 bits per heavy atom. The number of hydrogen-bond donors (Lipinski definition) is 0. The summed E-state index contributed by atoms with van der Waals surface area (Å²) in [5, 5.41) is 0. The van der Waals surface area contributed by atoms with Crippen LogP contribution in [0.3, 0.4) is 0 Å². The largest absolute Gasteiger partial charge is 0.462 e. The van der Waals surface area contributed by atoms with Gasteiger partial charge in [-0.25, -0.2) is 4.79 Å². The van der Waals surface area contributed by atoms with E-state index in [1.165, 1.54) is 159 Å². The summed E-state index contributed by atoms with van der Waals surface area (Å²) in [5.74, 6) is 0.00429. The molecule has 0 amide bonds. The number of unbranched alkanes of at least 4 members (excludes halogenated alkanes) is 18. The van der Waals surface area contributed by atoms with Gasteiger partial charge in [0.05, 0.1) is 12.2 Å². The predicted molar refractivity (Wildman–Crippen MR) is 200 cm³/mol. The lowest BCUT2D eigenvalue weighted by molar-refractivity contribution is 0.0494. The molecule has 0 saturated carbocycles. The SMILES string of the molecule is CCCCCCOC(=O)c1c(CCCCCC)c(CCCCCC)c(CCCCCC)c(CCCCCC)c1CCCCCC. The topological polar surface area (TPSA) is 26.3 Å². The molecule has 45 heavy (non-hydrogen) atoms. The second-order valence-electron chi connectivity index (χ2n) is 14.0. The van der Waals surface area contributed by atoms with Gasteiger partial charge in [-0.15, -0.1) is 0 Å². The summed E-state index contributed by atoms with van der Waals surface area (Å²) in [5.41, 5.74) is 8.70. The molecule has 1 rings (SSSR count). The molecule has 2 nitrogen and oxygen atoms in total. The van der Waals surface area contributed by atoms with Crippen LogP contribution < -0.4 is 0 Å². The molecular formula is C43H78O2.